The largest absolute Gasteiger partial charge is 0.609 e. The Hall–Kier alpha value is -2.31. The molecule has 2 heterocycles. The fourth-order valence-corrected chi connectivity index (χ4v) is 4.04. The second kappa shape index (κ2) is 6.20. The zero-order valence-electron chi connectivity index (χ0n) is 14.2. The summed E-state index contributed by atoms with van der Waals surface area (Å²) in [6, 6.07) is 6.26. The summed E-state index contributed by atoms with van der Waals surface area (Å²) in [6.07, 6.45) is 9.19. The Labute approximate surface area is 150 Å². The van der Waals surface area contributed by atoms with Crippen molar-refractivity contribution in [3.8, 4) is 5.75 Å². The summed E-state index contributed by atoms with van der Waals surface area (Å²) in [5, 5.41) is 0.338. The lowest BCUT2D eigenvalue weighted by molar-refractivity contribution is 0.406. The van der Waals surface area contributed by atoms with Crippen molar-refractivity contribution >= 4 is 23.1 Å². The molecule has 0 radical (unpaired) electrons. The van der Waals surface area contributed by atoms with Crippen LogP contribution in [0.5, 0.6) is 5.75 Å². The molecule has 0 bridgehead atoms. The molecule has 2 atom stereocenters. The van der Waals surface area contributed by atoms with Crippen LogP contribution in [0.25, 0.3) is 6.08 Å². The van der Waals surface area contributed by atoms with Crippen LogP contribution in [-0.2, 0) is 17.6 Å². The molecule has 2 aliphatic rings. The number of fused-ring (bicyclic) bond motifs is 2. The van der Waals surface area contributed by atoms with Gasteiger partial charge in [-0.05, 0) is 36.6 Å². The highest BCUT2D eigenvalue weighted by molar-refractivity contribution is 7.90. The number of anilines is 1. The highest BCUT2D eigenvalue weighted by atomic mass is 32.2. The van der Waals surface area contributed by atoms with Gasteiger partial charge in [-0.2, -0.15) is 9.97 Å². The van der Waals surface area contributed by atoms with Gasteiger partial charge in [-0.1, -0.05) is 18.7 Å². The molecule has 4 rings (SSSR count). The van der Waals surface area contributed by atoms with E-state index in [1.54, 1.807) is 19.6 Å². The molecular weight excluding hydrogens is 334 g/mol. The van der Waals surface area contributed by atoms with E-state index in [2.05, 4.69) is 27.5 Å². The number of aromatic nitrogens is 2. The van der Waals surface area contributed by atoms with E-state index in [4.69, 9.17) is 4.74 Å². The normalized spacial score (nSPS) is 19.6. The van der Waals surface area contributed by atoms with Gasteiger partial charge in [0.15, 0.2) is 0 Å². The smallest absolute Gasteiger partial charge is 0.344 e. The molecule has 2 aromatic rings. The SMILES string of the molecule is C=C1C=Cc2cnc([S+](C)[O-])nc2N1C1CCc2cccc(OC)c21. The molecule has 0 saturated carbocycles. The standard InChI is InChI=1S/C19H19N3O2S/c1-12-7-8-14-11-20-19(25(3)23)21-18(14)22(12)15-10-9-13-5-4-6-16(24-2)17(13)15/h4-8,11,15H,1,9-10H2,2-3H3. The molecular formula is C19H19N3O2S. The van der Waals surface area contributed by atoms with E-state index in [0.29, 0.717) is 5.16 Å². The average molecular weight is 353 g/mol. The lowest BCUT2D eigenvalue weighted by Gasteiger charge is -2.34. The molecule has 1 aliphatic heterocycles. The number of allylic oxidation sites excluding steroid dienone is 1. The third-order valence-corrected chi connectivity index (χ3v) is 5.44. The minimum absolute atomic E-state index is 0.0930. The summed E-state index contributed by atoms with van der Waals surface area (Å²) in [5.41, 5.74) is 4.25. The molecule has 1 aromatic heterocycles. The Morgan fingerprint density at radius 2 is 2.20 bits per heavy atom. The van der Waals surface area contributed by atoms with Crippen LogP contribution in [0.2, 0.25) is 0 Å². The quantitative estimate of drug-likeness (QED) is 0.626. The molecule has 0 saturated heterocycles. The molecule has 0 spiro atoms. The molecule has 5 nitrogen and oxygen atoms in total. The van der Waals surface area contributed by atoms with Gasteiger partial charge in [0, 0.05) is 34.2 Å². The van der Waals surface area contributed by atoms with Gasteiger partial charge in [0.2, 0.25) is 0 Å². The molecule has 1 aromatic carbocycles. The number of ether oxygens (including phenoxy) is 1. The first-order valence-corrected chi connectivity index (χ1v) is 9.68. The van der Waals surface area contributed by atoms with E-state index in [1.807, 2.05) is 24.3 Å². The van der Waals surface area contributed by atoms with Crippen molar-refractivity contribution in [2.75, 3.05) is 18.3 Å². The van der Waals surface area contributed by atoms with Gasteiger partial charge in [0.25, 0.3) is 0 Å². The van der Waals surface area contributed by atoms with Gasteiger partial charge in [0.05, 0.1) is 13.2 Å². The van der Waals surface area contributed by atoms with Crippen molar-refractivity contribution < 1.29 is 9.29 Å². The first kappa shape index (κ1) is 16.2. The lowest BCUT2D eigenvalue weighted by atomic mass is 10.0. The summed E-state index contributed by atoms with van der Waals surface area (Å²) >= 11 is -1.23. The summed E-state index contributed by atoms with van der Waals surface area (Å²) in [6.45, 7) is 4.20. The minimum atomic E-state index is -1.23. The highest BCUT2D eigenvalue weighted by Gasteiger charge is 2.35. The van der Waals surface area contributed by atoms with Crippen molar-refractivity contribution in [2.45, 2.75) is 24.0 Å². The predicted octanol–water partition coefficient (Wildman–Crippen LogP) is 3.26. The molecule has 2 unspecified atom stereocenters. The first-order valence-electron chi connectivity index (χ1n) is 8.12. The van der Waals surface area contributed by atoms with E-state index >= 15 is 0 Å². The molecule has 128 valence electrons. The van der Waals surface area contributed by atoms with Gasteiger partial charge in [-0.15, -0.1) is 0 Å². The van der Waals surface area contributed by atoms with Crippen LogP contribution < -0.4 is 9.64 Å². The number of hydrogen-bond donors (Lipinski definition) is 0. The van der Waals surface area contributed by atoms with E-state index in [1.165, 1.54) is 11.1 Å². The summed E-state index contributed by atoms with van der Waals surface area (Å²) < 4.78 is 17.5. The second-order valence-electron chi connectivity index (χ2n) is 6.17. The Kier molecular flexibility index (Phi) is 4.01. The van der Waals surface area contributed by atoms with Gasteiger partial charge < -0.3 is 14.2 Å². The monoisotopic (exact) mass is 353 g/mol. The van der Waals surface area contributed by atoms with Gasteiger partial charge >= 0.3 is 5.16 Å². The fourth-order valence-electron chi connectivity index (χ4n) is 3.62. The van der Waals surface area contributed by atoms with Crippen LogP contribution in [0.15, 0.2) is 47.9 Å². The number of methoxy groups -OCH3 is 1. The van der Waals surface area contributed by atoms with Crippen LogP contribution in [0.4, 0.5) is 5.82 Å². The topological polar surface area (TPSA) is 61.3 Å². The van der Waals surface area contributed by atoms with E-state index < -0.39 is 11.2 Å². The Bertz CT molecular complexity index is 879. The maximum Gasteiger partial charge on any atom is 0.344 e. The van der Waals surface area contributed by atoms with E-state index in [-0.39, 0.29) is 6.04 Å². The zero-order chi connectivity index (χ0) is 17.6. The van der Waals surface area contributed by atoms with Crippen molar-refractivity contribution in [1.29, 1.82) is 0 Å². The Morgan fingerprint density at radius 1 is 1.36 bits per heavy atom. The first-order chi connectivity index (χ1) is 12.1. The summed E-state index contributed by atoms with van der Waals surface area (Å²) in [5.74, 6) is 1.65. The van der Waals surface area contributed by atoms with Crippen molar-refractivity contribution in [2.24, 2.45) is 0 Å². The highest BCUT2D eigenvalue weighted by Crippen LogP contribution is 2.46. The van der Waals surface area contributed by atoms with Crippen LogP contribution in [-0.4, -0.2) is 27.9 Å². The van der Waals surface area contributed by atoms with Crippen molar-refractivity contribution in [3.05, 3.63) is 59.4 Å². The van der Waals surface area contributed by atoms with E-state index in [9.17, 15) is 4.55 Å². The molecule has 0 N–H and O–H groups in total. The number of nitrogens with zero attached hydrogens (tertiary/aromatic N) is 3. The Morgan fingerprint density at radius 3 is 2.96 bits per heavy atom. The predicted molar refractivity (Wildman–Crippen MR) is 99.1 cm³/mol. The van der Waals surface area contributed by atoms with Gasteiger partial charge in [-0.25, -0.2) is 0 Å². The van der Waals surface area contributed by atoms with Gasteiger partial charge in [-0.3, -0.25) is 0 Å². The lowest BCUT2D eigenvalue weighted by Crippen LogP contribution is -2.29. The third-order valence-electron chi connectivity index (χ3n) is 4.73. The molecule has 1 aliphatic carbocycles. The number of rotatable bonds is 3. The van der Waals surface area contributed by atoms with Gasteiger partial charge in [0.1, 0.15) is 17.8 Å². The molecule has 25 heavy (non-hydrogen) atoms. The summed E-state index contributed by atoms with van der Waals surface area (Å²) in [4.78, 5) is 10.9. The number of benzene rings is 1. The van der Waals surface area contributed by atoms with Crippen LogP contribution in [0.1, 0.15) is 29.2 Å². The zero-order valence-corrected chi connectivity index (χ0v) is 15.0. The van der Waals surface area contributed by atoms with Crippen LogP contribution >= 0.6 is 0 Å². The Balaban J connectivity index is 1.85. The maximum atomic E-state index is 11.8. The molecule has 6 heteroatoms. The van der Waals surface area contributed by atoms with Crippen molar-refractivity contribution in [1.82, 2.24) is 9.97 Å². The minimum Gasteiger partial charge on any atom is -0.609 e. The van der Waals surface area contributed by atoms with Crippen molar-refractivity contribution in [3.63, 3.8) is 0 Å². The molecule has 0 fully saturated rings. The number of hydrogen-bond acceptors (Lipinski definition) is 5. The summed E-state index contributed by atoms with van der Waals surface area (Å²) in [7, 11) is 1.70. The second-order valence-corrected chi connectivity index (χ2v) is 7.44. The van der Waals surface area contributed by atoms with Crippen LogP contribution in [0, 0.1) is 0 Å². The maximum absolute atomic E-state index is 11.8. The molecule has 0 amide bonds. The number of aryl methyl sites for hydroxylation is 1. The average Bonchev–Trinajstić information content (AvgIpc) is 3.05. The van der Waals surface area contributed by atoms with Crippen LogP contribution in [0.3, 0.4) is 0 Å². The fraction of sp³-hybridized carbons (Fsp3) is 0.263. The third kappa shape index (κ3) is 2.62. The van der Waals surface area contributed by atoms with E-state index in [0.717, 1.165) is 35.7 Å².